The summed E-state index contributed by atoms with van der Waals surface area (Å²) >= 11 is 2.24. The lowest BCUT2D eigenvalue weighted by molar-refractivity contribution is 0.0602. The normalized spacial score (nSPS) is 10.7. The first-order valence-corrected chi connectivity index (χ1v) is 6.12. The van der Waals surface area contributed by atoms with Crippen LogP contribution >= 0.6 is 22.6 Å². The number of hydrogen-bond donors (Lipinski definition) is 0. The van der Waals surface area contributed by atoms with Crippen molar-refractivity contribution in [3.8, 4) is 0 Å². The fourth-order valence-corrected chi connectivity index (χ4v) is 2.61. The Morgan fingerprint density at radius 3 is 2.88 bits per heavy atom. The van der Waals surface area contributed by atoms with Crippen molar-refractivity contribution in [2.24, 2.45) is 0 Å². The molecular weight excluding hydrogens is 317 g/mol. The molecule has 0 unspecified atom stereocenters. The Bertz CT molecular complexity index is 545. The molecule has 2 aromatic rings. The number of benzene rings is 1. The predicted molar refractivity (Wildman–Crippen MR) is 71.7 cm³/mol. The zero-order valence-electron chi connectivity index (χ0n) is 9.16. The Balaban J connectivity index is 2.79. The minimum atomic E-state index is -0.277. The molecule has 16 heavy (non-hydrogen) atoms. The number of hydrogen-bond acceptors (Lipinski definition) is 2. The largest absolute Gasteiger partial charge is 0.465 e. The molecule has 0 fully saturated rings. The molecule has 0 N–H and O–H groups in total. The van der Waals surface area contributed by atoms with Gasteiger partial charge in [0.1, 0.15) is 0 Å². The Hall–Kier alpha value is -1.04. The topological polar surface area (TPSA) is 31.2 Å². The van der Waals surface area contributed by atoms with Crippen LogP contribution in [0.4, 0.5) is 0 Å². The number of aryl methyl sites for hydroxylation is 1. The van der Waals surface area contributed by atoms with E-state index in [-0.39, 0.29) is 5.97 Å². The lowest BCUT2D eigenvalue weighted by atomic mass is 10.2. The molecule has 0 aliphatic rings. The molecule has 0 atom stereocenters. The van der Waals surface area contributed by atoms with Crippen molar-refractivity contribution < 1.29 is 9.53 Å². The van der Waals surface area contributed by atoms with E-state index < -0.39 is 0 Å². The number of halogens is 1. The second kappa shape index (κ2) is 4.45. The van der Waals surface area contributed by atoms with Crippen LogP contribution in [0.2, 0.25) is 0 Å². The SMILES string of the molecule is CCn1cc(C(=O)OC)c2c(I)cccc21. The Morgan fingerprint density at radius 1 is 1.50 bits per heavy atom. The molecular formula is C12H12INO2. The number of carbonyl (C=O) groups is 1. The highest BCUT2D eigenvalue weighted by molar-refractivity contribution is 14.1. The number of carbonyl (C=O) groups excluding carboxylic acids is 1. The van der Waals surface area contributed by atoms with E-state index in [1.165, 1.54) is 7.11 Å². The third-order valence-corrected chi connectivity index (χ3v) is 3.50. The Labute approximate surface area is 108 Å². The van der Waals surface area contributed by atoms with E-state index in [1.54, 1.807) is 0 Å². The number of esters is 1. The Kier molecular flexibility index (Phi) is 3.18. The van der Waals surface area contributed by atoms with Gasteiger partial charge in [-0.25, -0.2) is 4.79 Å². The van der Waals surface area contributed by atoms with Crippen LogP contribution in [0.3, 0.4) is 0 Å². The second-order valence-electron chi connectivity index (χ2n) is 3.45. The zero-order valence-corrected chi connectivity index (χ0v) is 11.3. The van der Waals surface area contributed by atoms with Crippen molar-refractivity contribution in [2.75, 3.05) is 7.11 Å². The first kappa shape index (κ1) is 11.4. The lowest BCUT2D eigenvalue weighted by Gasteiger charge is -2.00. The van der Waals surface area contributed by atoms with Gasteiger partial charge in [0.05, 0.1) is 12.7 Å². The van der Waals surface area contributed by atoms with Crippen LogP contribution in [0.25, 0.3) is 10.9 Å². The van der Waals surface area contributed by atoms with E-state index in [0.29, 0.717) is 5.56 Å². The van der Waals surface area contributed by atoms with Crippen molar-refractivity contribution in [1.29, 1.82) is 0 Å². The highest BCUT2D eigenvalue weighted by atomic mass is 127. The third-order valence-electron chi connectivity index (χ3n) is 2.60. The molecule has 0 aliphatic carbocycles. The van der Waals surface area contributed by atoms with Crippen LogP contribution in [0, 0.1) is 3.57 Å². The van der Waals surface area contributed by atoms with Crippen LogP contribution in [0.1, 0.15) is 17.3 Å². The summed E-state index contributed by atoms with van der Waals surface area (Å²) in [7, 11) is 1.41. The van der Waals surface area contributed by atoms with Gasteiger partial charge in [-0.1, -0.05) is 6.07 Å². The standard InChI is InChI=1S/C12H12INO2/c1-3-14-7-8(12(15)16-2)11-9(13)5-4-6-10(11)14/h4-7H,3H2,1-2H3. The molecule has 84 valence electrons. The zero-order chi connectivity index (χ0) is 11.7. The summed E-state index contributed by atoms with van der Waals surface area (Å²) in [6.07, 6.45) is 1.86. The van der Waals surface area contributed by atoms with Crippen LogP contribution in [0.15, 0.2) is 24.4 Å². The van der Waals surface area contributed by atoms with Crippen molar-refractivity contribution in [1.82, 2.24) is 4.57 Å². The first-order valence-electron chi connectivity index (χ1n) is 5.04. The maximum atomic E-state index is 11.7. The van der Waals surface area contributed by atoms with Gasteiger partial charge in [0.2, 0.25) is 0 Å². The molecule has 3 nitrogen and oxygen atoms in total. The van der Waals surface area contributed by atoms with E-state index in [4.69, 9.17) is 4.74 Å². The van der Waals surface area contributed by atoms with Crippen molar-refractivity contribution in [2.45, 2.75) is 13.5 Å². The van der Waals surface area contributed by atoms with Gasteiger partial charge < -0.3 is 9.30 Å². The molecule has 0 aliphatic heterocycles. The molecule has 0 radical (unpaired) electrons. The highest BCUT2D eigenvalue weighted by Gasteiger charge is 2.16. The molecule has 1 heterocycles. The summed E-state index contributed by atoms with van der Waals surface area (Å²) in [6.45, 7) is 2.90. The maximum absolute atomic E-state index is 11.7. The number of methoxy groups -OCH3 is 1. The highest BCUT2D eigenvalue weighted by Crippen LogP contribution is 2.26. The minimum Gasteiger partial charge on any atom is -0.465 e. The molecule has 0 saturated carbocycles. The van der Waals surface area contributed by atoms with Gasteiger partial charge in [-0.3, -0.25) is 0 Å². The molecule has 4 heteroatoms. The number of aromatic nitrogens is 1. The molecule has 1 aromatic carbocycles. The van der Waals surface area contributed by atoms with Crippen LogP contribution in [-0.2, 0) is 11.3 Å². The summed E-state index contributed by atoms with van der Waals surface area (Å²) in [5, 5.41) is 0.983. The summed E-state index contributed by atoms with van der Waals surface area (Å²) in [4.78, 5) is 11.7. The average molecular weight is 329 g/mol. The molecule has 0 spiro atoms. The van der Waals surface area contributed by atoms with Crippen molar-refractivity contribution in [3.63, 3.8) is 0 Å². The lowest BCUT2D eigenvalue weighted by Crippen LogP contribution is -2.00. The van der Waals surface area contributed by atoms with Gasteiger partial charge in [0, 0.05) is 27.2 Å². The smallest absolute Gasteiger partial charge is 0.340 e. The molecule has 2 rings (SSSR count). The summed E-state index contributed by atoms with van der Waals surface area (Å²) in [6, 6.07) is 6.01. The van der Waals surface area contributed by atoms with Crippen LogP contribution in [-0.4, -0.2) is 17.6 Å². The summed E-state index contributed by atoms with van der Waals surface area (Å²) in [5.41, 5.74) is 1.72. The van der Waals surface area contributed by atoms with Gasteiger partial charge >= 0.3 is 5.97 Å². The number of ether oxygens (including phenoxy) is 1. The van der Waals surface area contributed by atoms with E-state index in [2.05, 4.69) is 34.1 Å². The van der Waals surface area contributed by atoms with E-state index in [0.717, 1.165) is 21.0 Å². The summed E-state index contributed by atoms with van der Waals surface area (Å²) in [5.74, 6) is -0.277. The summed E-state index contributed by atoms with van der Waals surface area (Å²) < 4.78 is 7.93. The predicted octanol–water partition coefficient (Wildman–Crippen LogP) is 3.05. The second-order valence-corrected chi connectivity index (χ2v) is 4.62. The number of rotatable bonds is 2. The van der Waals surface area contributed by atoms with E-state index in [1.807, 2.05) is 24.4 Å². The molecule has 0 bridgehead atoms. The van der Waals surface area contributed by atoms with Crippen LogP contribution < -0.4 is 0 Å². The maximum Gasteiger partial charge on any atom is 0.340 e. The molecule has 1 aromatic heterocycles. The Morgan fingerprint density at radius 2 is 2.25 bits per heavy atom. The fourth-order valence-electron chi connectivity index (χ4n) is 1.84. The van der Waals surface area contributed by atoms with Crippen LogP contribution in [0.5, 0.6) is 0 Å². The molecule has 0 saturated heterocycles. The number of fused-ring (bicyclic) bond motifs is 1. The monoisotopic (exact) mass is 329 g/mol. The van der Waals surface area contributed by atoms with Crippen molar-refractivity contribution >= 4 is 39.5 Å². The van der Waals surface area contributed by atoms with Gasteiger partial charge in [-0.2, -0.15) is 0 Å². The quantitative estimate of drug-likeness (QED) is 0.626. The third kappa shape index (κ3) is 1.71. The van der Waals surface area contributed by atoms with E-state index >= 15 is 0 Å². The first-order chi connectivity index (χ1) is 7.69. The fraction of sp³-hybridized carbons (Fsp3) is 0.250. The van der Waals surface area contributed by atoms with Gasteiger partial charge in [-0.15, -0.1) is 0 Å². The van der Waals surface area contributed by atoms with Gasteiger partial charge in [0.25, 0.3) is 0 Å². The molecule has 0 amide bonds. The number of nitrogens with zero attached hydrogens (tertiary/aromatic N) is 1. The van der Waals surface area contributed by atoms with Crippen molar-refractivity contribution in [3.05, 3.63) is 33.5 Å². The van der Waals surface area contributed by atoms with Gasteiger partial charge in [-0.05, 0) is 41.6 Å². The van der Waals surface area contributed by atoms with E-state index in [9.17, 15) is 4.79 Å². The average Bonchev–Trinajstić information content (AvgIpc) is 2.68. The minimum absolute atomic E-state index is 0.277. The van der Waals surface area contributed by atoms with Gasteiger partial charge in [0.15, 0.2) is 0 Å².